The molecule has 0 spiro atoms. The summed E-state index contributed by atoms with van der Waals surface area (Å²) in [6.07, 6.45) is 7.00. The van der Waals surface area contributed by atoms with Crippen LogP contribution in [0.25, 0.3) is 0 Å². The lowest BCUT2D eigenvalue weighted by Crippen LogP contribution is -2.34. The SMILES string of the molecule is CC=CCC(C=O)(CCCC)C(c1ccc(Cl)cc1)=S(=O)=O. The molecule has 1 aromatic carbocycles. The van der Waals surface area contributed by atoms with Gasteiger partial charge in [-0.15, -0.1) is 0 Å². The second-order valence-corrected chi connectivity index (χ2v) is 6.54. The molecule has 1 unspecified atom stereocenters. The zero-order valence-electron chi connectivity index (χ0n) is 12.9. The zero-order valence-corrected chi connectivity index (χ0v) is 14.5. The van der Waals surface area contributed by atoms with Crippen LogP contribution in [-0.4, -0.2) is 19.6 Å². The number of hydrogen-bond acceptors (Lipinski definition) is 3. The van der Waals surface area contributed by atoms with E-state index >= 15 is 0 Å². The first kappa shape index (κ1) is 18.7. The Labute approximate surface area is 138 Å². The van der Waals surface area contributed by atoms with E-state index in [1.165, 1.54) is 0 Å². The van der Waals surface area contributed by atoms with Crippen molar-refractivity contribution in [2.75, 3.05) is 0 Å². The Hall–Kier alpha value is -1.39. The fourth-order valence-corrected chi connectivity index (χ4v) is 3.46. The van der Waals surface area contributed by atoms with E-state index in [1.807, 2.05) is 26.0 Å². The molecule has 1 aromatic rings. The van der Waals surface area contributed by atoms with E-state index in [0.717, 1.165) is 19.1 Å². The minimum Gasteiger partial charge on any atom is -0.302 e. The molecule has 3 nitrogen and oxygen atoms in total. The third kappa shape index (κ3) is 4.55. The third-order valence-electron chi connectivity index (χ3n) is 3.65. The second-order valence-electron chi connectivity index (χ2n) is 5.22. The molecule has 0 saturated heterocycles. The Kier molecular flexibility index (Phi) is 7.56. The Morgan fingerprint density at radius 1 is 1.27 bits per heavy atom. The molecule has 0 bridgehead atoms. The van der Waals surface area contributed by atoms with Crippen molar-refractivity contribution < 1.29 is 13.2 Å². The summed E-state index contributed by atoms with van der Waals surface area (Å²) >= 11 is 5.87. The van der Waals surface area contributed by atoms with Gasteiger partial charge in [-0.2, -0.15) is 8.42 Å². The van der Waals surface area contributed by atoms with Gasteiger partial charge >= 0.3 is 0 Å². The van der Waals surface area contributed by atoms with Crippen LogP contribution in [0.2, 0.25) is 5.02 Å². The number of allylic oxidation sites excluding steroid dienone is 2. The number of unbranched alkanes of at least 4 members (excludes halogenated alkanes) is 1. The molecule has 0 aliphatic rings. The van der Waals surface area contributed by atoms with E-state index < -0.39 is 15.7 Å². The topological polar surface area (TPSA) is 51.2 Å². The summed E-state index contributed by atoms with van der Waals surface area (Å²) in [5.41, 5.74) is -0.506. The van der Waals surface area contributed by atoms with Crippen LogP contribution in [0.1, 0.15) is 45.1 Å². The second kappa shape index (κ2) is 8.91. The van der Waals surface area contributed by atoms with Gasteiger partial charge in [0.25, 0.3) is 0 Å². The predicted molar refractivity (Wildman–Crippen MR) is 91.9 cm³/mol. The van der Waals surface area contributed by atoms with Gasteiger partial charge < -0.3 is 4.79 Å². The summed E-state index contributed by atoms with van der Waals surface area (Å²) in [6.45, 7) is 3.87. The molecule has 0 aromatic heterocycles. The van der Waals surface area contributed by atoms with Gasteiger partial charge in [-0.3, -0.25) is 0 Å². The van der Waals surface area contributed by atoms with Crippen molar-refractivity contribution in [1.29, 1.82) is 0 Å². The van der Waals surface area contributed by atoms with Crippen LogP contribution in [0.4, 0.5) is 0 Å². The number of carbonyl (C=O) groups excluding carboxylic acids is 1. The van der Waals surface area contributed by atoms with Crippen molar-refractivity contribution in [3.8, 4) is 0 Å². The highest BCUT2D eigenvalue weighted by molar-refractivity contribution is 7.73. The minimum absolute atomic E-state index is 0.144. The zero-order chi connectivity index (χ0) is 16.6. The molecule has 0 fully saturated rings. The summed E-state index contributed by atoms with van der Waals surface area (Å²) < 4.78 is 23.7. The Morgan fingerprint density at radius 2 is 1.91 bits per heavy atom. The number of rotatable bonds is 8. The molecule has 0 heterocycles. The smallest absolute Gasteiger partial charge is 0.218 e. The Balaban J connectivity index is 3.47. The average molecular weight is 341 g/mol. The molecule has 0 aliphatic carbocycles. The highest BCUT2D eigenvalue weighted by atomic mass is 35.5. The van der Waals surface area contributed by atoms with E-state index in [1.54, 1.807) is 24.3 Å². The molecule has 120 valence electrons. The van der Waals surface area contributed by atoms with Crippen molar-refractivity contribution in [2.45, 2.75) is 39.5 Å². The van der Waals surface area contributed by atoms with Gasteiger partial charge in [-0.1, -0.05) is 55.7 Å². The van der Waals surface area contributed by atoms with Crippen LogP contribution in [-0.2, 0) is 15.1 Å². The Morgan fingerprint density at radius 3 is 2.36 bits per heavy atom. The maximum absolute atomic E-state index is 11.9. The lowest BCUT2D eigenvalue weighted by molar-refractivity contribution is -0.113. The van der Waals surface area contributed by atoms with Crippen LogP contribution >= 0.6 is 11.6 Å². The monoisotopic (exact) mass is 340 g/mol. The number of benzene rings is 1. The first-order chi connectivity index (χ1) is 10.5. The lowest BCUT2D eigenvalue weighted by atomic mass is 9.75. The van der Waals surface area contributed by atoms with Gasteiger partial charge in [0.05, 0.1) is 10.3 Å². The first-order valence-corrected chi connectivity index (χ1v) is 8.76. The fraction of sp³-hybridized carbons (Fsp3) is 0.412. The minimum atomic E-state index is -2.48. The van der Waals surface area contributed by atoms with Crippen LogP contribution in [0, 0.1) is 5.41 Å². The molecule has 0 aliphatic heterocycles. The quantitative estimate of drug-likeness (QED) is 0.310. The molecular formula is C17H21ClO3S. The van der Waals surface area contributed by atoms with Crippen molar-refractivity contribution in [3.05, 3.63) is 47.0 Å². The summed E-state index contributed by atoms with van der Waals surface area (Å²) in [5.74, 6) is 0. The van der Waals surface area contributed by atoms with Crippen LogP contribution in [0.3, 0.4) is 0 Å². The van der Waals surface area contributed by atoms with Crippen molar-refractivity contribution in [2.24, 2.45) is 5.41 Å². The van der Waals surface area contributed by atoms with Crippen molar-refractivity contribution in [3.63, 3.8) is 0 Å². The van der Waals surface area contributed by atoms with E-state index in [9.17, 15) is 13.2 Å². The summed E-state index contributed by atoms with van der Waals surface area (Å²) in [5, 5.41) is 0.526. The maximum atomic E-state index is 11.9. The molecule has 1 atom stereocenters. The molecule has 0 N–H and O–H groups in total. The molecular weight excluding hydrogens is 320 g/mol. The van der Waals surface area contributed by atoms with Gasteiger partial charge in [0.15, 0.2) is 0 Å². The average Bonchev–Trinajstić information content (AvgIpc) is 2.51. The van der Waals surface area contributed by atoms with E-state index in [4.69, 9.17) is 11.6 Å². The van der Waals surface area contributed by atoms with Crippen molar-refractivity contribution in [1.82, 2.24) is 0 Å². The highest BCUT2D eigenvalue weighted by Crippen LogP contribution is 2.32. The van der Waals surface area contributed by atoms with E-state index in [2.05, 4.69) is 0 Å². The number of hydrogen-bond donors (Lipinski definition) is 0. The van der Waals surface area contributed by atoms with Crippen LogP contribution in [0.15, 0.2) is 36.4 Å². The standard InChI is InChI=1S/C17H21ClO3S/c1-3-5-11-17(13-19,12-6-4-2)16(22(20)21)14-7-9-15(18)10-8-14/h3,5,7-10,13H,4,6,11-12H2,1-2H3. The van der Waals surface area contributed by atoms with Gasteiger partial charge in [0.1, 0.15) is 6.29 Å². The number of halogens is 1. The van der Waals surface area contributed by atoms with E-state index in [0.29, 0.717) is 23.4 Å². The molecule has 0 saturated carbocycles. The summed E-state index contributed by atoms with van der Waals surface area (Å²) in [4.78, 5) is 12.0. The first-order valence-electron chi connectivity index (χ1n) is 7.31. The molecule has 5 heteroatoms. The van der Waals surface area contributed by atoms with Gasteiger partial charge in [0, 0.05) is 5.02 Å². The summed E-state index contributed by atoms with van der Waals surface area (Å²) in [7, 11) is -2.48. The van der Waals surface area contributed by atoms with Gasteiger partial charge in [-0.05, 0) is 37.5 Å². The third-order valence-corrected chi connectivity index (χ3v) is 4.87. The molecule has 22 heavy (non-hydrogen) atoms. The van der Waals surface area contributed by atoms with Gasteiger partial charge in [-0.25, -0.2) is 0 Å². The van der Waals surface area contributed by atoms with Crippen LogP contribution in [0.5, 0.6) is 0 Å². The maximum Gasteiger partial charge on any atom is 0.218 e. The summed E-state index contributed by atoms with van der Waals surface area (Å²) in [6, 6.07) is 6.56. The fourth-order valence-electron chi connectivity index (χ4n) is 2.44. The lowest BCUT2D eigenvalue weighted by Gasteiger charge is -2.27. The molecule has 1 rings (SSSR count). The van der Waals surface area contributed by atoms with E-state index in [-0.39, 0.29) is 4.86 Å². The molecule has 0 radical (unpaired) electrons. The highest BCUT2D eigenvalue weighted by Gasteiger charge is 2.36. The predicted octanol–water partition coefficient (Wildman–Crippen LogP) is 4.08. The Bertz CT molecular complexity index is 652. The van der Waals surface area contributed by atoms with Gasteiger partial charge in [0.2, 0.25) is 10.3 Å². The van der Waals surface area contributed by atoms with Crippen molar-refractivity contribution >= 4 is 33.0 Å². The largest absolute Gasteiger partial charge is 0.302 e. The normalized spacial score (nSPS) is 13.8. The number of aldehydes is 1. The molecule has 0 amide bonds. The number of carbonyl (C=O) groups is 1. The van der Waals surface area contributed by atoms with Crippen LogP contribution < -0.4 is 0 Å².